The second-order valence-corrected chi connectivity index (χ2v) is 3.85. The number of rotatable bonds is 4. The van der Waals surface area contributed by atoms with Crippen molar-refractivity contribution in [2.45, 2.75) is 19.5 Å². The zero-order valence-electron chi connectivity index (χ0n) is 9.76. The van der Waals surface area contributed by atoms with Crippen molar-refractivity contribution in [1.29, 1.82) is 0 Å². The number of hydrogen-bond acceptors (Lipinski definition) is 4. The van der Waals surface area contributed by atoms with Crippen LogP contribution in [0.15, 0.2) is 24.3 Å². The molecule has 0 radical (unpaired) electrons. The van der Waals surface area contributed by atoms with E-state index in [1.165, 1.54) is 16.9 Å². The van der Waals surface area contributed by atoms with Gasteiger partial charge in [0.15, 0.2) is 5.82 Å². The molecule has 2 aromatic rings. The summed E-state index contributed by atoms with van der Waals surface area (Å²) in [5, 5.41) is 14.9. The topological polar surface area (TPSA) is 55.6 Å². The molecule has 0 spiro atoms. The van der Waals surface area contributed by atoms with Crippen LogP contribution in [0.2, 0.25) is 0 Å². The van der Waals surface area contributed by atoms with Crippen LogP contribution < -0.4 is 5.32 Å². The van der Waals surface area contributed by atoms with Gasteiger partial charge in [-0.05, 0) is 29.8 Å². The van der Waals surface area contributed by atoms with Crippen molar-refractivity contribution < 1.29 is 4.39 Å². The molecule has 1 atom stereocenters. The van der Waals surface area contributed by atoms with Gasteiger partial charge in [-0.25, -0.2) is 4.39 Å². The smallest absolute Gasteiger partial charge is 0.188 e. The molecule has 0 aliphatic rings. The summed E-state index contributed by atoms with van der Waals surface area (Å²) in [7, 11) is 1.71. The average molecular weight is 235 g/mol. The van der Waals surface area contributed by atoms with Crippen LogP contribution in [-0.4, -0.2) is 20.2 Å². The van der Waals surface area contributed by atoms with E-state index in [1.807, 2.05) is 13.0 Å². The summed E-state index contributed by atoms with van der Waals surface area (Å²) >= 11 is 0. The highest BCUT2D eigenvalue weighted by Gasteiger charge is 2.07. The van der Waals surface area contributed by atoms with Crippen LogP contribution in [0.4, 0.5) is 4.39 Å². The summed E-state index contributed by atoms with van der Waals surface area (Å²) in [4.78, 5) is 1.41. The number of nitrogens with zero attached hydrogens (tertiary/aromatic N) is 4. The summed E-state index contributed by atoms with van der Waals surface area (Å²) in [6.45, 7) is 2.47. The molecule has 1 unspecified atom stereocenters. The number of nitrogens with one attached hydrogen (secondary N) is 1. The normalized spacial score (nSPS) is 12.6. The van der Waals surface area contributed by atoms with Crippen molar-refractivity contribution in [3.05, 3.63) is 41.5 Å². The van der Waals surface area contributed by atoms with E-state index in [1.54, 1.807) is 13.1 Å². The van der Waals surface area contributed by atoms with Crippen LogP contribution in [0.3, 0.4) is 0 Å². The molecule has 1 heterocycles. The fourth-order valence-corrected chi connectivity index (χ4v) is 1.53. The minimum Gasteiger partial charge on any atom is -0.303 e. The Balaban J connectivity index is 1.95. The largest absolute Gasteiger partial charge is 0.303 e. The first-order valence-corrected chi connectivity index (χ1v) is 5.37. The van der Waals surface area contributed by atoms with Crippen molar-refractivity contribution in [3.63, 3.8) is 0 Å². The molecule has 0 aliphatic carbocycles. The molecule has 0 bridgehead atoms. The summed E-state index contributed by atoms with van der Waals surface area (Å²) < 4.78 is 13.0. The predicted molar refractivity (Wildman–Crippen MR) is 60.5 cm³/mol. The molecule has 5 nitrogen and oxygen atoms in total. The fourth-order valence-electron chi connectivity index (χ4n) is 1.53. The molecule has 1 aromatic heterocycles. The first-order valence-electron chi connectivity index (χ1n) is 5.37. The zero-order chi connectivity index (χ0) is 12.3. The van der Waals surface area contributed by atoms with Gasteiger partial charge in [0, 0.05) is 6.04 Å². The lowest BCUT2D eigenvalue weighted by molar-refractivity contribution is 0.549. The van der Waals surface area contributed by atoms with Crippen molar-refractivity contribution in [2.75, 3.05) is 0 Å². The number of benzene rings is 1. The second-order valence-electron chi connectivity index (χ2n) is 3.85. The number of aryl methyl sites for hydroxylation is 1. The van der Waals surface area contributed by atoms with Crippen molar-refractivity contribution in [3.8, 4) is 0 Å². The van der Waals surface area contributed by atoms with E-state index in [0.29, 0.717) is 12.4 Å². The molecule has 0 saturated carbocycles. The molecule has 0 aliphatic heterocycles. The van der Waals surface area contributed by atoms with E-state index in [4.69, 9.17) is 0 Å². The Morgan fingerprint density at radius 2 is 2.29 bits per heavy atom. The van der Waals surface area contributed by atoms with E-state index < -0.39 is 0 Å². The van der Waals surface area contributed by atoms with Crippen LogP contribution in [0.25, 0.3) is 0 Å². The molecular weight excluding hydrogens is 221 g/mol. The lowest BCUT2D eigenvalue weighted by Gasteiger charge is -2.12. The third kappa shape index (κ3) is 3.07. The summed E-state index contributed by atoms with van der Waals surface area (Å²) in [5.41, 5.74) is 0.897. The molecule has 2 rings (SSSR count). The molecule has 90 valence electrons. The Morgan fingerprint density at radius 1 is 1.47 bits per heavy atom. The lowest BCUT2D eigenvalue weighted by Crippen LogP contribution is -2.19. The molecule has 0 amide bonds. The van der Waals surface area contributed by atoms with E-state index in [9.17, 15) is 4.39 Å². The van der Waals surface area contributed by atoms with Crippen LogP contribution in [0, 0.1) is 5.82 Å². The highest BCUT2D eigenvalue weighted by molar-refractivity contribution is 5.19. The Labute approximate surface area is 98.6 Å². The Morgan fingerprint density at radius 3 is 2.94 bits per heavy atom. The third-order valence-corrected chi connectivity index (χ3v) is 2.46. The third-order valence-electron chi connectivity index (χ3n) is 2.46. The van der Waals surface area contributed by atoms with Gasteiger partial charge in [0.05, 0.1) is 13.6 Å². The molecule has 1 N–H and O–H groups in total. The van der Waals surface area contributed by atoms with E-state index in [-0.39, 0.29) is 11.9 Å². The van der Waals surface area contributed by atoms with E-state index in [2.05, 4.69) is 20.7 Å². The minimum absolute atomic E-state index is 0.0366. The van der Waals surface area contributed by atoms with Crippen molar-refractivity contribution >= 4 is 0 Å². The quantitative estimate of drug-likeness (QED) is 0.865. The minimum atomic E-state index is -0.228. The van der Waals surface area contributed by atoms with Crippen molar-refractivity contribution in [1.82, 2.24) is 25.5 Å². The predicted octanol–water partition coefficient (Wildman–Crippen LogP) is 1.20. The summed E-state index contributed by atoms with van der Waals surface area (Å²) in [5.74, 6) is 0.393. The van der Waals surface area contributed by atoms with Gasteiger partial charge >= 0.3 is 0 Å². The van der Waals surface area contributed by atoms with Gasteiger partial charge in [-0.15, -0.1) is 10.2 Å². The fraction of sp³-hybridized carbons (Fsp3) is 0.364. The maximum Gasteiger partial charge on any atom is 0.188 e. The SMILES string of the molecule is CC(NCc1nnn(C)n1)c1cccc(F)c1. The maximum atomic E-state index is 13.0. The number of halogens is 1. The highest BCUT2D eigenvalue weighted by Crippen LogP contribution is 2.13. The monoisotopic (exact) mass is 235 g/mol. The number of hydrogen-bond donors (Lipinski definition) is 1. The Bertz CT molecular complexity index is 496. The van der Waals surface area contributed by atoms with E-state index in [0.717, 1.165) is 5.56 Å². The average Bonchev–Trinajstić information content (AvgIpc) is 2.72. The lowest BCUT2D eigenvalue weighted by atomic mass is 10.1. The molecule has 1 aromatic carbocycles. The molecular formula is C11H14FN5. The van der Waals surface area contributed by atoms with Gasteiger partial charge in [-0.2, -0.15) is 4.80 Å². The van der Waals surface area contributed by atoms with Gasteiger partial charge in [-0.3, -0.25) is 0 Å². The number of tetrazole rings is 1. The van der Waals surface area contributed by atoms with E-state index >= 15 is 0 Å². The highest BCUT2D eigenvalue weighted by atomic mass is 19.1. The first-order chi connectivity index (χ1) is 8.15. The van der Waals surface area contributed by atoms with Gasteiger partial charge in [-0.1, -0.05) is 12.1 Å². The van der Waals surface area contributed by atoms with Crippen molar-refractivity contribution in [2.24, 2.45) is 7.05 Å². The standard InChI is InChI=1S/C11H14FN5/c1-8(9-4-3-5-10(12)6-9)13-7-11-14-16-17(2)15-11/h3-6,8,13H,7H2,1-2H3. The molecule has 0 fully saturated rings. The van der Waals surface area contributed by atoms with Crippen LogP contribution in [0.1, 0.15) is 24.4 Å². The van der Waals surface area contributed by atoms with Gasteiger partial charge in [0.2, 0.25) is 0 Å². The van der Waals surface area contributed by atoms with Gasteiger partial charge < -0.3 is 5.32 Å². The molecule has 17 heavy (non-hydrogen) atoms. The Kier molecular flexibility index (Phi) is 3.43. The van der Waals surface area contributed by atoms with Gasteiger partial charge in [0.25, 0.3) is 0 Å². The van der Waals surface area contributed by atoms with Crippen LogP contribution in [-0.2, 0) is 13.6 Å². The maximum absolute atomic E-state index is 13.0. The zero-order valence-corrected chi connectivity index (χ0v) is 9.76. The van der Waals surface area contributed by atoms with Crippen LogP contribution in [0.5, 0.6) is 0 Å². The summed E-state index contributed by atoms with van der Waals surface area (Å²) in [6, 6.07) is 6.56. The summed E-state index contributed by atoms with van der Waals surface area (Å²) in [6.07, 6.45) is 0. The first kappa shape index (κ1) is 11.7. The second kappa shape index (κ2) is 5.01. The number of aromatic nitrogens is 4. The van der Waals surface area contributed by atoms with Gasteiger partial charge in [0.1, 0.15) is 5.82 Å². The molecule has 0 saturated heterocycles. The van der Waals surface area contributed by atoms with Crippen LogP contribution >= 0.6 is 0 Å². The Hall–Kier alpha value is -1.82. The molecule has 6 heteroatoms.